The lowest BCUT2D eigenvalue weighted by molar-refractivity contribution is -0.143. The van der Waals surface area contributed by atoms with Crippen LogP contribution in [0.5, 0.6) is 5.75 Å². The van der Waals surface area contributed by atoms with Crippen molar-refractivity contribution >= 4 is 42.3 Å². The van der Waals surface area contributed by atoms with Crippen LogP contribution in [0, 0.1) is 0 Å². The van der Waals surface area contributed by atoms with E-state index >= 15 is 0 Å². The predicted octanol–water partition coefficient (Wildman–Crippen LogP) is -1.67. The zero-order valence-electron chi connectivity index (χ0n) is 19.6. The van der Waals surface area contributed by atoms with Crippen molar-refractivity contribution in [1.29, 1.82) is 0 Å². The first kappa shape index (κ1) is 30.7. The highest BCUT2D eigenvalue weighted by Crippen LogP contribution is 2.11. The number of aliphatic carboxylic acids is 2. The Morgan fingerprint density at radius 2 is 1.42 bits per heavy atom. The number of carbonyl (C=O) groups is 5. The molecule has 1 aromatic rings. The lowest BCUT2D eigenvalue weighted by atomic mass is 10.0. The number of phenolic OH excluding ortho intramolecular Hbond substituents is 1. The summed E-state index contributed by atoms with van der Waals surface area (Å²) in [5.74, 6) is -5.51. The smallest absolute Gasteiger partial charge is 0.327 e. The van der Waals surface area contributed by atoms with Gasteiger partial charge in [0.05, 0.1) is 12.5 Å². The van der Waals surface area contributed by atoms with Gasteiger partial charge in [-0.05, 0) is 49.9 Å². The fourth-order valence-corrected chi connectivity index (χ4v) is 3.38. The van der Waals surface area contributed by atoms with Crippen LogP contribution in [0.25, 0.3) is 0 Å². The summed E-state index contributed by atoms with van der Waals surface area (Å²) in [5.41, 5.74) is 12.1. The molecule has 3 amide bonds. The number of unbranched alkanes of at least 4 members (excludes halogenated alkanes) is 1. The molecule has 0 radical (unpaired) electrons. The molecule has 0 fully saturated rings. The first-order valence-corrected chi connectivity index (χ1v) is 11.8. The van der Waals surface area contributed by atoms with Gasteiger partial charge >= 0.3 is 11.9 Å². The normalized spacial score (nSPS) is 14.1. The zero-order chi connectivity index (χ0) is 27.3. The quantitative estimate of drug-likeness (QED) is 0.0876. The molecule has 200 valence electrons. The number of carboxylic acid groups (broad SMARTS) is 2. The number of hydrogen-bond donors (Lipinski definition) is 9. The lowest BCUT2D eigenvalue weighted by Gasteiger charge is -2.24. The van der Waals surface area contributed by atoms with Crippen LogP contribution in [-0.2, 0) is 30.4 Å². The third-order valence-electron chi connectivity index (χ3n) is 5.12. The first-order chi connectivity index (χ1) is 17.0. The molecule has 14 heteroatoms. The van der Waals surface area contributed by atoms with Crippen LogP contribution in [-0.4, -0.2) is 81.4 Å². The van der Waals surface area contributed by atoms with Gasteiger partial charge in [0.25, 0.3) is 0 Å². The van der Waals surface area contributed by atoms with Crippen molar-refractivity contribution in [1.82, 2.24) is 16.0 Å². The van der Waals surface area contributed by atoms with Crippen LogP contribution in [0.2, 0.25) is 0 Å². The summed E-state index contributed by atoms with van der Waals surface area (Å²) in [6.45, 7) is 0.340. The molecule has 4 unspecified atom stereocenters. The second-order valence-electron chi connectivity index (χ2n) is 8.06. The minimum atomic E-state index is -1.60. The minimum absolute atomic E-state index is 0.0532. The molecule has 36 heavy (non-hydrogen) atoms. The number of carboxylic acids is 2. The molecular weight excluding hydrogens is 494 g/mol. The maximum Gasteiger partial charge on any atom is 0.327 e. The highest BCUT2D eigenvalue weighted by atomic mass is 32.1. The van der Waals surface area contributed by atoms with Crippen molar-refractivity contribution in [3.63, 3.8) is 0 Å². The van der Waals surface area contributed by atoms with Gasteiger partial charge < -0.3 is 42.7 Å². The molecule has 0 aliphatic carbocycles. The molecule has 13 nitrogen and oxygen atoms in total. The van der Waals surface area contributed by atoms with Gasteiger partial charge in [0.1, 0.15) is 23.9 Å². The third kappa shape index (κ3) is 10.9. The molecule has 1 aromatic carbocycles. The Morgan fingerprint density at radius 3 is 1.94 bits per heavy atom. The second-order valence-corrected chi connectivity index (χ2v) is 8.43. The van der Waals surface area contributed by atoms with E-state index in [-0.39, 0.29) is 24.3 Å². The number of phenols is 1. The molecule has 0 bridgehead atoms. The van der Waals surface area contributed by atoms with Gasteiger partial charge in [0, 0.05) is 5.75 Å². The number of nitrogens with two attached hydrogens (primary N) is 2. The van der Waals surface area contributed by atoms with Gasteiger partial charge in [-0.3, -0.25) is 19.2 Å². The summed E-state index contributed by atoms with van der Waals surface area (Å²) in [4.78, 5) is 60.5. The Morgan fingerprint density at radius 1 is 0.861 bits per heavy atom. The van der Waals surface area contributed by atoms with E-state index in [0.29, 0.717) is 24.9 Å². The SMILES string of the molecule is NCCCCC(NC(=O)C(N)Cc1ccc(O)cc1)C(=O)NC(CC(=O)O)C(=O)NC(CS)C(=O)O. The van der Waals surface area contributed by atoms with Crippen LogP contribution in [0.15, 0.2) is 24.3 Å². The molecule has 1 rings (SSSR count). The fourth-order valence-electron chi connectivity index (χ4n) is 3.13. The van der Waals surface area contributed by atoms with Gasteiger partial charge in [0.2, 0.25) is 17.7 Å². The summed E-state index contributed by atoms with van der Waals surface area (Å²) >= 11 is 3.83. The standard InChI is InChI=1S/C22H33N5O8S/c23-8-2-1-3-15(25-19(31)14(24)9-12-4-6-13(28)7-5-12)20(32)26-16(10-18(29)30)21(33)27-17(11-36)22(34)35/h4-7,14-17,28,36H,1-3,8-11,23-24H2,(H,25,31)(H,26,32)(H,27,33)(H,29,30)(H,34,35). The highest BCUT2D eigenvalue weighted by Gasteiger charge is 2.31. The lowest BCUT2D eigenvalue weighted by Crippen LogP contribution is -2.57. The molecule has 0 aliphatic heterocycles. The fraction of sp³-hybridized carbons (Fsp3) is 0.500. The summed E-state index contributed by atoms with van der Waals surface area (Å²) in [5, 5.41) is 34.6. The number of aromatic hydroxyl groups is 1. The average molecular weight is 528 g/mol. The van der Waals surface area contributed by atoms with Crippen molar-refractivity contribution < 1.29 is 39.3 Å². The predicted molar refractivity (Wildman–Crippen MR) is 132 cm³/mol. The Balaban J connectivity index is 2.95. The maximum atomic E-state index is 12.9. The number of rotatable bonds is 16. The summed E-state index contributed by atoms with van der Waals surface area (Å²) in [6, 6.07) is 0.890. The van der Waals surface area contributed by atoms with Crippen molar-refractivity contribution in [2.24, 2.45) is 11.5 Å². The monoisotopic (exact) mass is 527 g/mol. The zero-order valence-corrected chi connectivity index (χ0v) is 20.4. The van der Waals surface area contributed by atoms with E-state index in [9.17, 15) is 29.1 Å². The molecule has 0 aliphatic rings. The summed E-state index contributed by atoms with van der Waals surface area (Å²) in [7, 11) is 0. The molecular formula is C22H33N5O8S. The molecule has 0 spiro atoms. The van der Waals surface area contributed by atoms with Crippen molar-refractivity contribution in [3.8, 4) is 5.75 Å². The first-order valence-electron chi connectivity index (χ1n) is 11.2. The second kappa shape index (κ2) is 15.6. The Kier molecular flexibility index (Phi) is 13.3. The molecule has 0 saturated carbocycles. The number of amides is 3. The Labute approximate surface area is 213 Å². The van der Waals surface area contributed by atoms with E-state index in [1.807, 2.05) is 0 Å². The van der Waals surface area contributed by atoms with E-state index in [4.69, 9.17) is 21.7 Å². The van der Waals surface area contributed by atoms with Crippen molar-refractivity contribution in [3.05, 3.63) is 29.8 Å². The van der Waals surface area contributed by atoms with Crippen LogP contribution >= 0.6 is 12.6 Å². The molecule has 0 heterocycles. The number of benzene rings is 1. The topological polar surface area (TPSA) is 234 Å². The number of nitrogens with one attached hydrogen (secondary N) is 3. The summed E-state index contributed by atoms with van der Waals surface area (Å²) in [6.07, 6.45) is 0.420. The third-order valence-corrected chi connectivity index (χ3v) is 5.48. The Hall–Kier alpha value is -3.36. The van der Waals surface area contributed by atoms with Crippen LogP contribution in [0.4, 0.5) is 0 Å². The van der Waals surface area contributed by atoms with Gasteiger partial charge in [-0.25, -0.2) is 4.79 Å². The van der Waals surface area contributed by atoms with E-state index in [2.05, 4.69) is 28.6 Å². The van der Waals surface area contributed by atoms with Crippen molar-refractivity contribution in [2.75, 3.05) is 12.3 Å². The number of thiol groups is 1. The molecule has 10 N–H and O–H groups in total. The highest BCUT2D eigenvalue weighted by molar-refractivity contribution is 7.80. The van der Waals surface area contributed by atoms with E-state index < -0.39 is 60.2 Å². The van der Waals surface area contributed by atoms with E-state index in [1.165, 1.54) is 12.1 Å². The molecule has 4 atom stereocenters. The van der Waals surface area contributed by atoms with Crippen molar-refractivity contribution in [2.45, 2.75) is 56.3 Å². The van der Waals surface area contributed by atoms with Gasteiger partial charge in [-0.1, -0.05) is 12.1 Å². The van der Waals surface area contributed by atoms with Crippen LogP contribution in [0.1, 0.15) is 31.2 Å². The van der Waals surface area contributed by atoms with Gasteiger partial charge in [0.15, 0.2) is 0 Å². The molecule has 0 saturated heterocycles. The number of hydrogen-bond acceptors (Lipinski definition) is 9. The van der Waals surface area contributed by atoms with Crippen LogP contribution < -0.4 is 27.4 Å². The van der Waals surface area contributed by atoms with Crippen LogP contribution in [0.3, 0.4) is 0 Å². The maximum absolute atomic E-state index is 12.9. The summed E-state index contributed by atoms with van der Waals surface area (Å²) < 4.78 is 0. The van der Waals surface area contributed by atoms with Gasteiger partial charge in [-0.2, -0.15) is 12.6 Å². The van der Waals surface area contributed by atoms with Gasteiger partial charge in [-0.15, -0.1) is 0 Å². The molecule has 0 aromatic heterocycles. The largest absolute Gasteiger partial charge is 0.508 e. The van der Waals surface area contributed by atoms with E-state index in [1.54, 1.807) is 12.1 Å². The van der Waals surface area contributed by atoms with E-state index in [0.717, 1.165) is 0 Å². The minimum Gasteiger partial charge on any atom is -0.508 e. The Bertz CT molecular complexity index is 914. The average Bonchev–Trinajstić information content (AvgIpc) is 2.82. The number of carbonyl (C=O) groups excluding carboxylic acids is 3.